The summed E-state index contributed by atoms with van der Waals surface area (Å²) >= 11 is 0. The lowest BCUT2D eigenvalue weighted by Gasteiger charge is -2.00. The molecule has 0 saturated heterocycles. The number of carboxylic acid groups (broad SMARTS) is 1. The predicted octanol–water partition coefficient (Wildman–Crippen LogP) is 0.767. The van der Waals surface area contributed by atoms with E-state index in [2.05, 4.69) is 5.73 Å². The van der Waals surface area contributed by atoms with E-state index in [1.807, 2.05) is 0 Å². The van der Waals surface area contributed by atoms with E-state index in [-0.39, 0.29) is 11.5 Å². The van der Waals surface area contributed by atoms with Gasteiger partial charge in [-0.25, -0.2) is 4.79 Å². The van der Waals surface area contributed by atoms with Crippen LogP contribution >= 0.6 is 0 Å². The Bertz CT molecular complexity index is 371. The maximum Gasteiger partial charge on any atom is 0.336 e. The maximum absolute atomic E-state index is 10.5. The van der Waals surface area contributed by atoms with E-state index in [0.29, 0.717) is 5.69 Å². The summed E-state index contributed by atoms with van der Waals surface area (Å²) < 4.78 is 0. The van der Waals surface area contributed by atoms with Gasteiger partial charge >= 0.3 is 5.97 Å². The van der Waals surface area contributed by atoms with Crippen LogP contribution in [0, 0.1) is 6.92 Å². The first-order valence-corrected chi connectivity index (χ1v) is 4.20. The molecular formula is C10H14N2O3. The number of hydrogen-bond acceptors (Lipinski definition) is 3. The van der Waals surface area contributed by atoms with Crippen molar-refractivity contribution in [2.45, 2.75) is 13.8 Å². The van der Waals surface area contributed by atoms with Crippen molar-refractivity contribution in [2.24, 2.45) is 5.73 Å². The molecule has 82 valence electrons. The van der Waals surface area contributed by atoms with Crippen LogP contribution in [0.15, 0.2) is 18.2 Å². The van der Waals surface area contributed by atoms with Gasteiger partial charge in [0.1, 0.15) is 0 Å². The highest BCUT2D eigenvalue weighted by molar-refractivity contribution is 5.90. The minimum atomic E-state index is -0.935. The molecule has 15 heavy (non-hydrogen) atoms. The molecule has 0 aromatic heterocycles. The molecule has 0 heterocycles. The molecule has 5 heteroatoms. The van der Waals surface area contributed by atoms with Crippen LogP contribution < -0.4 is 11.5 Å². The standard InChI is InChI=1S/C8H9NO2.C2H5NO/c1-5-2-3-6(9)4-7(5)8(10)11;1-2(3)4/h2-4H,9H2,1H3,(H,10,11);1H3,(H2,3,4). The molecule has 0 radical (unpaired) electrons. The molecule has 1 rings (SSSR count). The van der Waals surface area contributed by atoms with Gasteiger partial charge in [-0.3, -0.25) is 4.79 Å². The van der Waals surface area contributed by atoms with Gasteiger partial charge in [0, 0.05) is 12.6 Å². The molecule has 1 aromatic carbocycles. The monoisotopic (exact) mass is 210 g/mol. The summed E-state index contributed by atoms with van der Waals surface area (Å²) in [4.78, 5) is 19.7. The zero-order valence-corrected chi connectivity index (χ0v) is 8.65. The predicted molar refractivity (Wildman–Crippen MR) is 57.4 cm³/mol. The Kier molecular flexibility index (Phi) is 4.87. The van der Waals surface area contributed by atoms with Gasteiger partial charge in [-0.05, 0) is 24.6 Å². The normalized spacial score (nSPS) is 8.67. The van der Waals surface area contributed by atoms with Gasteiger partial charge in [0.15, 0.2) is 0 Å². The average Bonchev–Trinajstić information content (AvgIpc) is 2.08. The Morgan fingerprint density at radius 2 is 1.80 bits per heavy atom. The van der Waals surface area contributed by atoms with Gasteiger partial charge in [0.25, 0.3) is 0 Å². The summed E-state index contributed by atoms with van der Waals surface area (Å²) in [7, 11) is 0. The van der Waals surface area contributed by atoms with Crippen LogP contribution in [0.4, 0.5) is 5.69 Å². The molecule has 0 fully saturated rings. The fourth-order valence-corrected chi connectivity index (χ4v) is 0.870. The number of hydrogen-bond donors (Lipinski definition) is 3. The molecule has 1 aromatic rings. The zero-order chi connectivity index (χ0) is 12.0. The molecule has 5 nitrogen and oxygen atoms in total. The quantitative estimate of drug-likeness (QED) is 0.595. The van der Waals surface area contributed by atoms with Gasteiger partial charge in [0.2, 0.25) is 5.91 Å². The number of carboxylic acids is 1. The van der Waals surface area contributed by atoms with Gasteiger partial charge in [0.05, 0.1) is 5.56 Å². The molecule has 0 aliphatic rings. The molecule has 0 spiro atoms. The second-order valence-corrected chi connectivity index (χ2v) is 2.99. The zero-order valence-electron chi connectivity index (χ0n) is 8.65. The molecule has 0 unspecified atom stereocenters. The third-order valence-corrected chi connectivity index (χ3v) is 1.49. The fraction of sp³-hybridized carbons (Fsp3) is 0.200. The molecule has 5 N–H and O–H groups in total. The number of anilines is 1. The topological polar surface area (TPSA) is 106 Å². The highest BCUT2D eigenvalue weighted by atomic mass is 16.4. The highest BCUT2D eigenvalue weighted by Gasteiger charge is 2.05. The number of benzene rings is 1. The smallest absolute Gasteiger partial charge is 0.336 e. The lowest BCUT2D eigenvalue weighted by atomic mass is 10.1. The third-order valence-electron chi connectivity index (χ3n) is 1.49. The Labute approximate surface area is 87.7 Å². The van der Waals surface area contributed by atoms with Gasteiger partial charge in [-0.1, -0.05) is 6.07 Å². The summed E-state index contributed by atoms with van der Waals surface area (Å²) in [6.45, 7) is 3.04. The number of carbonyl (C=O) groups excluding carboxylic acids is 1. The molecular weight excluding hydrogens is 196 g/mol. The van der Waals surface area contributed by atoms with Crippen molar-refractivity contribution in [2.75, 3.05) is 5.73 Å². The minimum absolute atomic E-state index is 0.269. The molecule has 1 amide bonds. The van der Waals surface area contributed by atoms with E-state index in [1.165, 1.54) is 13.0 Å². The van der Waals surface area contributed by atoms with Crippen LogP contribution in [0.2, 0.25) is 0 Å². The lowest BCUT2D eigenvalue weighted by molar-refractivity contribution is -0.115. The fourth-order valence-electron chi connectivity index (χ4n) is 0.870. The molecule has 0 aliphatic carbocycles. The largest absolute Gasteiger partial charge is 0.478 e. The number of rotatable bonds is 1. The van der Waals surface area contributed by atoms with Crippen LogP contribution in [0.3, 0.4) is 0 Å². The van der Waals surface area contributed by atoms with Crippen LogP contribution in [0.1, 0.15) is 22.8 Å². The van der Waals surface area contributed by atoms with Crippen LogP contribution in [-0.2, 0) is 4.79 Å². The van der Waals surface area contributed by atoms with E-state index < -0.39 is 5.97 Å². The Balaban J connectivity index is 0.000000423. The first-order valence-electron chi connectivity index (χ1n) is 4.20. The van der Waals surface area contributed by atoms with Crippen LogP contribution in [0.25, 0.3) is 0 Å². The maximum atomic E-state index is 10.5. The summed E-state index contributed by atoms with van der Waals surface area (Å²) in [6.07, 6.45) is 0. The van der Waals surface area contributed by atoms with Crippen molar-refractivity contribution in [3.05, 3.63) is 29.3 Å². The summed E-state index contributed by atoms with van der Waals surface area (Å²) in [6, 6.07) is 4.83. The van der Waals surface area contributed by atoms with E-state index in [0.717, 1.165) is 5.56 Å². The lowest BCUT2D eigenvalue weighted by Crippen LogP contribution is -2.01. The van der Waals surface area contributed by atoms with Crippen LogP contribution in [0.5, 0.6) is 0 Å². The first kappa shape index (κ1) is 13.0. The van der Waals surface area contributed by atoms with Crippen molar-refractivity contribution < 1.29 is 14.7 Å². The third kappa shape index (κ3) is 5.30. The van der Waals surface area contributed by atoms with E-state index >= 15 is 0 Å². The minimum Gasteiger partial charge on any atom is -0.478 e. The number of nitrogen functional groups attached to an aromatic ring is 1. The highest BCUT2D eigenvalue weighted by Crippen LogP contribution is 2.11. The van der Waals surface area contributed by atoms with Gasteiger partial charge in [-0.2, -0.15) is 0 Å². The van der Waals surface area contributed by atoms with Gasteiger partial charge in [-0.15, -0.1) is 0 Å². The second kappa shape index (κ2) is 5.64. The Morgan fingerprint density at radius 1 is 1.33 bits per heavy atom. The number of aromatic carboxylic acids is 1. The van der Waals surface area contributed by atoms with Crippen molar-refractivity contribution in [3.8, 4) is 0 Å². The van der Waals surface area contributed by atoms with Crippen molar-refractivity contribution >= 4 is 17.6 Å². The van der Waals surface area contributed by atoms with E-state index in [1.54, 1.807) is 19.1 Å². The van der Waals surface area contributed by atoms with Gasteiger partial charge < -0.3 is 16.6 Å². The number of carbonyl (C=O) groups is 2. The van der Waals surface area contributed by atoms with Crippen LogP contribution in [-0.4, -0.2) is 17.0 Å². The molecule has 0 aliphatic heterocycles. The Hall–Kier alpha value is -2.04. The number of aryl methyl sites for hydroxylation is 1. The summed E-state index contributed by atoms with van der Waals surface area (Å²) in [5, 5.41) is 8.63. The second-order valence-electron chi connectivity index (χ2n) is 2.99. The van der Waals surface area contributed by atoms with E-state index in [4.69, 9.17) is 10.8 Å². The van der Waals surface area contributed by atoms with Crippen molar-refractivity contribution in [1.82, 2.24) is 0 Å². The SMILES string of the molecule is CC(N)=O.Cc1ccc(N)cc1C(=O)O. The Morgan fingerprint density at radius 3 is 2.13 bits per heavy atom. The van der Waals surface area contributed by atoms with E-state index in [9.17, 15) is 9.59 Å². The molecule has 0 bridgehead atoms. The molecule has 0 saturated carbocycles. The van der Waals surface area contributed by atoms with Crippen molar-refractivity contribution in [1.29, 1.82) is 0 Å². The average molecular weight is 210 g/mol. The first-order chi connectivity index (χ1) is 6.84. The number of primary amides is 1. The van der Waals surface area contributed by atoms with Crippen molar-refractivity contribution in [3.63, 3.8) is 0 Å². The summed E-state index contributed by atoms with van der Waals surface area (Å²) in [5.41, 5.74) is 11.4. The summed E-state index contributed by atoms with van der Waals surface area (Å²) in [5.74, 6) is -1.27. The number of amides is 1. The molecule has 0 atom stereocenters. The number of nitrogens with two attached hydrogens (primary N) is 2.